The van der Waals surface area contributed by atoms with E-state index in [1.807, 2.05) is 0 Å². The lowest BCUT2D eigenvalue weighted by Crippen LogP contribution is -2.27. The average Bonchev–Trinajstić information content (AvgIpc) is 3.66. The standard InChI is InChI=1S/C56H48Cl2/c1-35(2)27-43-33-51-47(45-19-9-17-41-29-37-13-5-7-15-39(37)31-49(41)45)21-11-23-53(51)55(43,57)25-26-56(58)44(28-36(3)4)34-52-48(22-12-24-54(52)56)46-20-10-18-42-30-38-14-6-8-16-40(38)32-50(42)46/h5-24,29-36H,25-28H2,1-4H3. The highest BCUT2D eigenvalue weighted by Gasteiger charge is 2.46. The van der Waals surface area contributed by atoms with Crippen molar-refractivity contribution in [3.8, 4) is 22.3 Å². The number of alkyl halides is 2. The topological polar surface area (TPSA) is 0 Å². The van der Waals surface area contributed by atoms with E-state index in [2.05, 4.69) is 185 Å². The molecule has 2 aliphatic carbocycles. The Balaban J connectivity index is 1.07. The number of benzene rings is 8. The van der Waals surface area contributed by atoms with E-state index in [0.29, 0.717) is 11.8 Å². The third-order valence-corrected chi connectivity index (χ3v) is 14.1. The number of fused-ring (bicyclic) bond motifs is 6. The van der Waals surface area contributed by atoms with Gasteiger partial charge in [0.15, 0.2) is 0 Å². The van der Waals surface area contributed by atoms with Crippen molar-refractivity contribution in [1.82, 2.24) is 0 Å². The van der Waals surface area contributed by atoms with Gasteiger partial charge in [0.1, 0.15) is 0 Å². The fourth-order valence-corrected chi connectivity index (χ4v) is 11.0. The highest BCUT2D eigenvalue weighted by atomic mass is 35.5. The molecular weight excluding hydrogens is 744 g/mol. The lowest BCUT2D eigenvalue weighted by Gasteiger charge is -2.34. The van der Waals surface area contributed by atoms with E-state index in [9.17, 15) is 0 Å². The van der Waals surface area contributed by atoms with Crippen molar-refractivity contribution in [3.63, 3.8) is 0 Å². The zero-order valence-corrected chi connectivity index (χ0v) is 35.3. The van der Waals surface area contributed by atoms with Crippen molar-refractivity contribution in [1.29, 1.82) is 0 Å². The molecule has 2 aliphatic rings. The quantitative estimate of drug-likeness (QED) is 0.101. The van der Waals surface area contributed by atoms with E-state index < -0.39 is 9.75 Å². The summed E-state index contributed by atoms with van der Waals surface area (Å²) >= 11 is 16.4. The molecule has 0 aliphatic heterocycles. The molecule has 0 spiro atoms. The van der Waals surface area contributed by atoms with Crippen LogP contribution in [0.3, 0.4) is 0 Å². The summed E-state index contributed by atoms with van der Waals surface area (Å²) in [5.41, 5.74) is 12.4. The summed E-state index contributed by atoms with van der Waals surface area (Å²) in [5.74, 6) is 0.917. The highest BCUT2D eigenvalue weighted by molar-refractivity contribution is 6.29. The summed E-state index contributed by atoms with van der Waals surface area (Å²) < 4.78 is 0. The Morgan fingerprint density at radius 3 is 1.14 bits per heavy atom. The van der Waals surface area contributed by atoms with Crippen LogP contribution in [0.2, 0.25) is 0 Å². The first-order valence-corrected chi connectivity index (χ1v) is 21.8. The van der Waals surface area contributed by atoms with Crippen molar-refractivity contribution in [2.45, 2.75) is 63.1 Å². The Bertz CT molecular complexity index is 2790. The van der Waals surface area contributed by atoms with Gasteiger partial charge in [-0.25, -0.2) is 0 Å². The summed E-state index contributed by atoms with van der Waals surface area (Å²) in [7, 11) is 0. The highest BCUT2D eigenvalue weighted by Crippen LogP contribution is 2.58. The fourth-order valence-electron chi connectivity index (χ4n) is 10.2. The molecule has 2 heteroatoms. The van der Waals surface area contributed by atoms with Gasteiger partial charge >= 0.3 is 0 Å². The minimum atomic E-state index is -0.672. The molecule has 2 atom stereocenters. The minimum absolute atomic E-state index is 0.458. The number of halogens is 2. The molecule has 0 N–H and O–H groups in total. The van der Waals surface area contributed by atoms with Gasteiger partial charge in [0.2, 0.25) is 0 Å². The van der Waals surface area contributed by atoms with Gasteiger partial charge in [-0.3, -0.25) is 0 Å². The zero-order chi connectivity index (χ0) is 39.8. The van der Waals surface area contributed by atoms with Crippen LogP contribution in [0.5, 0.6) is 0 Å². The van der Waals surface area contributed by atoms with Crippen molar-refractivity contribution >= 4 is 78.4 Å². The molecule has 58 heavy (non-hydrogen) atoms. The molecule has 8 aromatic rings. The molecular formula is C56H48Cl2. The normalized spacial score (nSPS) is 18.8. The van der Waals surface area contributed by atoms with E-state index in [1.54, 1.807) is 0 Å². The van der Waals surface area contributed by atoms with Gasteiger partial charge in [-0.2, -0.15) is 0 Å². The number of hydrogen-bond donors (Lipinski definition) is 0. The van der Waals surface area contributed by atoms with Crippen LogP contribution in [0.1, 0.15) is 75.6 Å². The molecule has 0 radical (unpaired) electrons. The summed E-state index contributed by atoms with van der Waals surface area (Å²) in [6.07, 6.45) is 8.16. The second-order valence-electron chi connectivity index (χ2n) is 17.6. The first-order chi connectivity index (χ1) is 28.1. The van der Waals surface area contributed by atoms with Crippen molar-refractivity contribution in [2.24, 2.45) is 11.8 Å². The molecule has 286 valence electrons. The van der Waals surface area contributed by atoms with Gasteiger partial charge in [-0.1, -0.05) is 161 Å². The average molecular weight is 792 g/mol. The predicted octanol–water partition coefficient (Wildman–Crippen LogP) is 16.9. The molecule has 0 fully saturated rings. The monoisotopic (exact) mass is 790 g/mol. The molecule has 8 aromatic carbocycles. The van der Waals surface area contributed by atoms with Crippen LogP contribution in [-0.4, -0.2) is 0 Å². The maximum Gasteiger partial charge on any atom is 0.0914 e. The summed E-state index contributed by atoms with van der Waals surface area (Å²) in [4.78, 5) is -1.34. The van der Waals surface area contributed by atoms with Gasteiger partial charge in [0.05, 0.1) is 9.75 Å². The summed E-state index contributed by atoms with van der Waals surface area (Å²) in [6, 6.07) is 53.6. The van der Waals surface area contributed by atoms with Crippen LogP contribution in [0.15, 0.2) is 157 Å². The third kappa shape index (κ3) is 6.11. The zero-order valence-electron chi connectivity index (χ0n) is 33.8. The van der Waals surface area contributed by atoms with E-state index in [0.717, 1.165) is 25.7 Å². The number of hydrogen-bond acceptors (Lipinski definition) is 0. The predicted molar refractivity (Wildman–Crippen MR) is 253 cm³/mol. The number of allylic oxidation sites excluding steroid dienone is 2. The SMILES string of the molecule is CC(C)CC1=Cc2c(-c3cccc4cc5ccccc5cc34)cccc2C1(Cl)CCC1(Cl)C(CC(C)C)=Cc2c(-c3cccc4cc5ccccc5cc34)cccc21. The maximum absolute atomic E-state index is 8.18. The lowest BCUT2D eigenvalue weighted by atomic mass is 9.79. The maximum atomic E-state index is 8.18. The Morgan fingerprint density at radius 2 is 0.741 bits per heavy atom. The molecule has 0 saturated carbocycles. The van der Waals surface area contributed by atoms with Crippen LogP contribution in [0.4, 0.5) is 0 Å². The summed E-state index contributed by atoms with van der Waals surface area (Å²) in [6.45, 7) is 9.20. The van der Waals surface area contributed by atoms with E-state index in [1.165, 1.54) is 98.7 Å². The van der Waals surface area contributed by atoms with Crippen LogP contribution >= 0.6 is 23.2 Å². The first-order valence-electron chi connectivity index (χ1n) is 21.0. The minimum Gasteiger partial charge on any atom is -0.109 e. The van der Waals surface area contributed by atoms with E-state index >= 15 is 0 Å². The molecule has 0 bridgehead atoms. The molecule has 0 aromatic heterocycles. The second-order valence-corrected chi connectivity index (χ2v) is 18.9. The Labute approximate surface area is 352 Å². The van der Waals surface area contributed by atoms with Crippen LogP contribution < -0.4 is 0 Å². The molecule has 0 nitrogen and oxygen atoms in total. The van der Waals surface area contributed by atoms with Crippen LogP contribution in [0.25, 0.3) is 77.5 Å². The third-order valence-electron chi connectivity index (χ3n) is 12.9. The van der Waals surface area contributed by atoms with Crippen molar-refractivity contribution in [2.75, 3.05) is 0 Å². The lowest BCUT2D eigenvalue weighted by molar-refractivity contribution is 0.489. The molecule has 0 amide bonds. The largest absolute Gasteiger partial charge is 0.109 e. The fraction of sp³-hybridized carbons (Fsp3) is 0.214. The molecule has 2 unspecified atom stereocenters. The first kappa shape index (κ1) is 37.2. The number of rotatable bonds is 9. The molecule has 10 rings (SSSR count). The van der Waals surface area contributed by atoms with Crippen molar-refractivity contribution < 1.29 is 0 Å². The second kappa shape index (κ2) is 14.3. The molecule has 0 saturated heterocycles. The van der Waals surface area contributed by atoms with Gasteiger partial charge in [0, 0.05) is 0 Å². The Hall–Kier alpha value is -5.14. The van der Waals surface area contributed by atoms with Crippen molar-refractivity contribution in [3.05, 3.63) is 179 Å². The van der Waals surface area contributed by atoms with Gasteiger partial charge in [-0.15, -0.1) is 23.2 Å². The summed E-state index contributed by atoms with van der Waals surface area (Å²) in [5, 5.41) is 10.1. The van der Waals surface area contributed by atoms with Crippen LogP contribution in [0, 0.1) is 11.8 Å². The molecule has 0 heterocycles. The van der Waals surface area contributed by atoms with Gasteiger partial charge in [-0.05, 0) is 161 Å². The van der Waals surface area contributed by atoms with Gasteiger partial charge in [0.25, 0.3) is 0 Å². The van der Waals surface area contributed by atoms with E-state index in [-0.39, 0.29) is 0 Å². The Morgan fingerprint density at radius 1 is 0.397 bits per heavy atom. The Kier molecular flexibility index (Phi) is 9.16. The van der Waals surface area contributed by atoms with Gasteiger partial charge < -0.3 is 0 Å². The van der Waals surface area contributed by atoms with Crippen LogP contribution in [-0.2, 0) is 9.75 Å². The smallest absolute Gasteiger partial charge is 0.0914 e. The van der Waals surface area contributed by atoms with E-state index in [4.69, 9.17) is 23.2 Å².